The van der Waals surface area contributed by atoms with Crippen LogP contribution in [0.3, 0.4) is 0 Å². The monoisotopic (exact) mass is 425 g/mol. The van der Waals surface area contributed by atoms with Gasteiger partial charge in [0.05, 0.1) is 16.8 Å². The Bertz CT molecular complexity index is 1440. The van der Waals surface area contributed by atoms with E-state index in [2.05, 4.69) is 10.4 Å². The van der Waals surface area contributed by atoms with Gasteiger partial charge in [-0.2, -0.15) is 5.10 Å². The van der Waals surface area contributed by atoms with Crippen molar-refractivity contribution in [2.45, 2.75) is 13.1 Å². The Morgan fingerprint density at radius 2 is 1.72 bits per heavy atom. The lowest BCUT2D eigenvalue weighted by atomic mass is 10.0. The summed E-state index contributed by atoms with van der Waals surface area (Å²) in [6.45, 7) is 1.65. The number of nitrogens with zero attached hydrogens (tertiary/aromatic N) is 2. The Morgan fingerprint density at radius 1 is 1.00 bits per heavy atom. The van der Waals surface area contributed by atoms with Crippen LogP contribution in [0, 0.1) is 0 Å². The van der Waals surface area contributed by atoms with Gasteiger partial charge in [0.2, 0.25) is 0 Å². The van der Waals surface area contributed by atoms with Crippen molar-refractivity contribution in [3.8, 4) is 5.75 Å². The zero-order valence-corrected chi connectivity index (χ0v) is 17.1. The lowest BCUT2D eigenvalue weighted by Crippen LogP contribution is -2.40. The Morgan fingerprint density at radius 3 is 2.56 bits per heavy atom. The van der Waals surface area contributed by atoms with Gasteiger partial charge >= 0.3 is 5.63 Å². The molecule has 4 aromatic rings. The first-order valence-electron chi connectivity index (χ1n) is 10.1. The maximum atomic E-state index is 13.4. The molecule has 0 saturated heterocycles. The molecule has 0 fully saturated rings. The fourth-order valence-corrected chi connectivity index (χ4v) is 3.81. The Balaban J connectivity index is 1.64. The van der Waals surface area contributed by atoms with Gasteiger partial charge in [-0.15, -0.1) is 0 Å². The van der Waals surface area contributed by atoms with Gasteiger partial charge in [0.1, 0.15) is 11.3 Å². The summed E-state index contributed by atoms with van der Waals surface area (Å²) in [5.74, 6) is -0.322. The summed E-state index contributed by atoms with van der Waals surface area (Å²) in [5, 5.41) is 20.2. The fraction of sp³-hybridized carbons (Fsp3) is 0.0800. The number of benzene rings is 3. The zero-order valence-electron chi connectivity index (χ0n) is 17.1. The molecule has 1 aromatic heterocycles. The Hall–Kier alpha value is -4.39. The van der Waals surface area contributed by atoms with Crippen molar-refractivity contribution < 1.29 is 14.3 Å². The van der Waals surface area contributed by atoms with Crippen LogP contribution in [0.15, 0.2) is 93.2 Å². The van der Waals surface area contributed by atoms with E-state index in [9.17, 15) is 14.7 Å². The minimum Gasteiger partial charge on any atom is -0.508 e. The van der Waals surface area contributed by atoms with Crippen molar-refractivity contribution in [3.05, 3.63) is 106 Å². The molecule has 1 unspecified atom stereocenters. The molecule has 0 radical (unpaired) electrons. The average Bonchev–Trinajstić information content (AvgIpc) is 2.80. The van der Waals surface area contributed by atoms with Crippen LogP contribution in [0.25, 0.3) is 11.0 Å². The van der Waals surface area contributed by atoms with Gasteiger partial charge in [0.25, 0.3) is 5.91 Å². The summed E-state index contributed by atoms with van der Waals surface area (Å²) in [6, 6.07) is 22.7. The number of amides is 1. The SMILES string of the molecule is C/C(=N\N1C(=O)c2ccccc2NC1c1ccccc1O)c1cc2ccccc2oc1=O. The molecule has 7 heteroatoms. The van der Waals surface area contributed by atoms with Crippen molar-refractivity contribution in [1.82, 2.24) is 5.01 Å². The number of fused-ring (bicyclic) bond motifs is 2. The topological polar surface area (TPSA) is 95.1 Å². The molecule has 1 atom stereocenters. The number of carbonyl (C=O) groups excluding carboxylic acids is 1. The highest BCUT2D eigenvalue weighted by molar-refractivity contribution is 6.04. The summed E-state index contributed by atoms with van der Waals surface area (Å²) in [7, 11) is 0. The van der Waals surface area contributed by atoms with Crippen LogP contribution in [-0.2, 0) is 0 Å². The van der Waals surface area contributed by atoms with E-state index in [4.69, 9.17) is 4.42 Å². The molecule has 158 valence electrons. The molecule has 7 nitrogen and oxygen atoms in total. The second-order valence-electron chi connectivity index (χ2n) is 7.47. The van der Waals surface area contributed by atoms with E-state index in [1.165, 1.54) is 5.01 Å². The van der Waals surface area contributed by atoms with Crippen LogP contribution in [0.4, 0.5) is 5.69 Å². The van der Waals surface area contributed by atoms with Gasteiger partial charge in [-0.05, 0) is 37.3 Å². The number of hydrazone groups is 1. The molecule has 1 amide bonds. The highest BCUT2D eigenvalue weighted by atomic mass is 16.4. The molecular formula is C25H19N3O4. The first-order valence-corrected chi connectivity index (χ1v) is 10.1. The molecule has 0 spiro atoms. The van der Waals surface area contributed by atoms with Gasteiger partial charge in [0, 0.05) is 16.6 Å². The molecule has 2 heterocycles. The maximum absolute atomic E-state index is 13.4. The molecular weight excluding hydrogens is 406 g/mol. The highest BCUT2D eigenvalue weighted by Gasteiger charge is 2.34. The normalized spacial score (nSPS) is 16.0. The predicted molar refractivity (Wildman–Crippen MR) is 122 cm³/mol. The van der Waals surface area contributed by atoms with Gasteiger partial charge in [-0.1, -0.05) is 48.5 Å². The van der Waals surface area contributed by atoms with E-state index in [-0.39, 0.29) is 17.2 Å². The molecule has 3 aromatic carbocycles. The fourth-order valence-electron chi connectivity index (χ4n) is 3.81. The summed E-state index contributed by atoms with van der Waals surface area (Å²) >= 11 is 0. The molecule has 0 aliphatic carbocycles. The minimum absolute atomic E-state index is 0.0280. The molecule has 1 aliphatic heterocycles. The third-order valence-corrected chi connectivity index (χ3v) is 5.42. The van der Waals surface area contributed by atoms with Crippen LogP contribution in [0.5, 0.6) is 5.75 Å². The number of phenolic OH excluding ortho intramolecular Hbond substituents is 1. The van der Waals surface area contributed by atoms with E-state index in [1.807, 2.05) is 18.2 Å². The molecule has 32 heavy (non-hydrogen) atoms. The first-order chi connectivity index (χ1) is 15.5. The quantitative estimate of drug-likeness (QED) is 0.373. The third-order valence-electron chi connectivity index (χ3n) is 5.42. The summed E-state index contributed by atoms with van der Waals surface area (Å²) in [4.78, 5) is 26.0. The van der Waals surface area contributed by atoms with Crippen molar-refractivity contribution in [3.63, 3.8) is 0 Å². The largest absolute Gasteiger partial charge is 0.508 e. The van der Waals surface area contributed by atoms with E-state index in [1.54, 1.807) is 67.6 Å². The minimum atomic E-state index is -0.763. The number of carbonyl (C=O) groups is 1. The van der Waals surface area contributed by atoms with E-state index >= 15 is 0 Å². The lowest BCUT2D eigenvalue weighted by molar-refractivity contribution is 0.0688. The number of hydrogen-bond acceptors (Lipinski definition) is 6. The lowest BCUT2D eigenvalue weighted by Gasteiger charge is -2.35. The average molecular weight is 425 g/mol. The van der Waals surface area contributed by atoms with Crippen LogP contribution >= 0.6 is 0 Å². The standard InChI is InChI=1S/C25H19N3O4/c1-15(19-14-16-8-2-7-13-22(16)32-25(19)31)27-28-23(18-10-4-6-12-21(18)29)26-20-11-5-3-9-17(20)24(28)30/h2-14,23,26,29H,1H3/b27-15+. The van der Waals surface area contributed by atoms with Gasteiger partial charge < -0.3 is 14.8 Å². The number of anilines is 1. The smallest absolute Gasteiger partial charge is 0.345 e. The predicted octanol–water partition coefficient (Wildman–Crippen LogP) is 4.49. The molecule has 5 rings (SSSR count). The van der Waals surface area contributed by atoms with Crippen molar-refractivity contribution in [1.29, 1.82) is 0 Å². The van der Waals surface area contributed by atoms with Crippen molar-refractivity contribution in [2.24, 2.45) is 5.10 Å². The Labute approximate surface area is 183 Å². The van der Waals surface area contributed by atoms with Crippen molar-refractivity contribution >= 4 is 28.3 Å². The third kappa shape index (κ3) is 3.30. The van der Waals surface area contributed by atoms with Gasteiger partial charge in [-0.25, -0.2) is 9.80 Å². The number of para-hydroxylation sites is 3. The summed E-state index contributed by atoms with van der Waals surface area (Å²) in [6.07, 6.45) is -0.763. The Kier molecular flexibility index (Phi) is 4.71. The number of hydrogen-bond donors (Lipinski definition) is 2. The zero-order chi connectivity index (χ0) is 22.2. The van der Waals surface area contributed by atoms with E-state index in [0.29, 0.717) is 28.1 Å². The second kappa shape index (κ2) is 7.70. The second-order valence-corrected chi connectivity index (χ2v) is 7.47. The molecule has 0 bridgehead atoms. The summed E-state index contributed by atoms with van der Waals surface area (Å²) < 4.78 is 5.42. The molecule has 0 saturated carbocycles. The highest BCUT2D eigenvalue weighted by Crippen LogP contribution is 2.36. The summed E-state index contributed by atoms with van der Waals surface area (Å²) in [5.41, 5.74) is 2.08. The van der Waals surface area contributed by atoms with E-state index in [0.717, 1.165) is 5.39 Å². The molecule has 2 N–H and O–H groups in total. The van der Waals surface area contributed by atoms with Crippen LogP contribution in [0.2, 0.25) is 0 Å². The molecule has 1 aliphatic rings. The number of nitrogens with one attached hydrogen (secondary N) is 1. The number of phenols is 1. The number of aromatic hydroxyl groups is 1. The van der Waals surface area contributed by atoms with Crippen LogP contribution in [-0.4, -0.2) is 21.7 Å². The van der Waals surface area contributed by atoms with Gasteiger partial charge in [0.15, 0.2) is 6.17 Å². The van der Waals surface area contributed by atoms with Crippen LogP contribution in [0.1, 0.15) is 34.6 Å². The van der Waals surface area contributed by atoms with Crippen molar-refractivity contribution in [2.75, 3.05) is 5.32 Å². The van der Waals surface area contributed by atoms with E-state index < -0.39 is 11.8 Å². The van der Waals surface area contributed by atoms with Gasteiger partial charge in [-0.3, -0.25) is 4.79 Å². The van der Waals surface area contributed by atoms with Crippen LogP contribution < -0.4 is 10.9 Å². The first kappa shape index (κ1) is 19.6. The maximum Gasteiger partial charge on any atom is 0.345 e. The number of rotatable bonds is 3.